The standard InChI is InChI=1S/C16H26N2O/c1-3-18(4-2)12-15-7-5-14(6-8-15)11-17-16-9-10-19-13-16/h5-8,16-17H,3-4,9-13H2,1-2H3. The number of benzene rings is 1. The van der Waals surface area contributed by atoms with Crippen molar-refractivity contribution >= 4 is 0 Å². The van der Waals surface area contributed by atoms with Gasteiger partial charge in [0.2, 0.25) is 0 Å². The second-order valence-corrected chi connectivity index (χ2v) is 5.22. The van der Waals surface area contributed by atoms with Gasteiger partial charge in [0.05, 0.1) is 6.61 Å². The third-order valence-electron chi connectivity index (χ3n) is 3.85. The Morgan fingerprint density at radius 2 is 1.84 bits per heavy atom. The van der Waals surface area contributed by atoms with Gasteiger partial charge in [-0.25, -0.2) is 0 Å². The van der Waals surface area contributed by atoms with Crippen molar-refractivity contribution in [3.63, 3.8) is 0 Å². The summed E-state index contributed by atoms with van der Waals surface area (Å²) in [4.78, 5) is 2.43. The molecule has 0 amide bonds. The minimum atomic E-state index is 0.537. The van der Waals surface area contributed by atoms with Gasteiger partial charge in [-0.15, -0.1) is 0 Å². The molecule has 1 aliphatic rings. The zero-order chi connectivity index (χ0) is 13.5. The third kappa shape index (κ3) is 4.60. The molecule has 3 nitrogen and oxygen atoms in total. The first-order chi connectivity index (χ1) is 9.31. The summed E-state index contributed by atoms with van der Waals surface area (Å²) in [7, 11) is 0. The molecule has 19 heavy (non-hydrogen) atoms. The van der Waals surface area contributed by atoms with E-state index >= 15 is 0 Å². The van der Waals surface area contributed by atoms with Gasteiger partial charge in [0.25, 0.3) is 0 Å². The number of nitrogens with one attached hydrogen (secondary N) is 1. The maximum absolute atomic E-state index is 5.37. The lowest BCUT2D eigenvalue weighted by atomic mass is 10.1. The SMILES string of the molecule is CCN(CC)Cc1ccc(CNC2CCOC2)cc1. The van der Waals surface area contributed by atoms with Crippen LogP contribution in [0.4, 0.5) is 0 Å². The number of ether oxygens (including phenoxy) is 1. The average Bonchev–Trinajstić information content (AvgIpc) is 2.97. The van der Waals surface area contributed by atoms with Crippen molar-refractivity contribution in [2.45, 2.75) is 39.4 Å². The lowest BCUT2D eigenvalue weighted by Crippen LogP contribution is -2.28. The molecule has 0 aliphatic carbocycles. The number of rotatable bonds is 7. The van der Waals surface area contributed by atoms with E-state index in [0.717, 1.165) is 45.8 Å². The molecule has 1 aliphatic heterocycles. The highest BCUT2D eigenvalue weighted by Crippen LogP contribution is 2.09. The first-order valence-corrected chi connectivity index (χ1v) is 7.43. The Balaban J connectivity index is 1.80. The molecular weight excluding hydrogens is 236 g/mol. The van der Waals surface area contributed by atoms with Crippen molar-refractivity contribution in [2.75, 3.05) is 26.3 Å². The van der Waals surface area contributed by atoms with E-state index in [1.807, 2.05) is 0 Å². The molecule has 1 unspecified atom stereocenters. The Hall–Kier alpha value is -0.900. The molecule has 106 valence electrons. The number of hydrogen-bond acceptors (Lipinski definition) is 3. The topological polar surface area (TPSA) is 24.5 Å². The Kier molecular flexibility index (Phi) is 5.83. The summed E-state index contributed by atoms with van der Waals surface area (Å²) < 4.78 is 5.37. The molecule has 0 radical (unpaired) electrons. The van der Waals surface area contributed by atoms with Gasteiger partial charge in [-0.1, -0.05) is 38.1 Å². The normalized spacial score (nSPS) is 19.2. The largest absolute Gasteiger partial charge is 0.380 e. The van der Waals surface area contributed by atoms with Gasteiger partial charge in [0, 0.05) is 25.7 Å². The summed E-state index contributed by atoms with van der Waals surface area (Å²) in [6.45, 7) is 10.4. The first-order valence-electron chi connectivity index (χ1n) is 7.43. The smallest absolute Gasteiger partial charge is 0.0620 e. The molecule has 1 N–H and O–H groups in total. The minimum absolute atomic E-state index is 0.537. The van der Waals surface area contributed by atoms with Crippen LogP contribution in [0, 0.1) is 0 Å². The molecule has 1 atom stereocenters. The average molecular weight is 262 g/mol. The summed E-state index contributed by atoms with van der Waals surface area (Å²) in [5.41, 5.74) is 2.76. The van der Waals surface area contributed by atoms with Crippen LogP contribution in [0.3, 0.4) is 0 Å². The van der Waals surface area contributed by atoms with Crippen LogP contribution in [0.25, 0.3) is 0 Å². The van der Waals surface area contributed by atoms with Gasteiger partial charge in [0.15, 0.2) is 0 Å². The Morgan fingerprint density at radius 3 is 2.42 bits per heavy atom. The van der Waals surface area contributed by atoms with Crippen LogP contribution >= 0.6 is 0 Å². The lowest BCUT2D eigenvalue weighted by Gasteiger charge is -2.18. The van der Waals surface area contributed by atoms with Gasteiger partial charge >= 0.3 is 0 Å². The predicted molar refractivity (Wildman–Crippen MR) is 79.1 cm³/mol. The Bertz CT molecular complexity index is 354. The van der Waals surface area contributed by atoms with Crippen LogP contribution in [0.1, 0.15) is 31.4 Å². The summed E-state index contributed by atoms with van der Waals surface area (Å²) in [5, 5.41) is 3.55. The molecule has 3 heteroatoms. The first kappa shape index (κ1) is 14.5. The van der Waals surface area contributed by atoms with Crippen molar-refractivity contribution in [3.8, 4) is 0 Å². The highest BCUT2D eigenvalue weighted by molar-refractivity contribution is 5.22. The molecule has 1 aromatic carbocycles. The van der Waals surface area contributed by atoms with Crippen molar-refractivity contribution in [2.24, 2.45) is 0 Å². The minimum Gasteiger partial charge on any atom is -0.380 e. The predicted octanol–water partition coefficient (Wildman–Crippen LogP) is 2.41. The quantitative estimate of drug-likeness (QED) is 0.816. The molecule has 1 heterocycles. The fraction of sp³-hybridized carbons (Fsp3) is 0.625. The van der Waals surface area contributed by atoms with Gasteiger partial charge in [-0.2, -0.15) is 0 Å². The van der Waals surface area contributed by atoms with Crippen molar-refractivity contribution in [1.82, 2.24) is 10.2 Å². The van der Waals surface area contributed by atoms with Crippen molar-refractivity contribution in [3.05, 3.63) is 35.4 Å². The van der Waals surface area contributed by atoms with E-state index in [4.69, 9.17) is 4.74 Å². The van der Waals surface area contributed by atoms with E-state index in [1.165, 1.54) is 11.1 Å². The maximum Gasteiger partial charge on any atom is 0.0620 e. The van der Waals surface area contributed by atoms with Crippen LogP contribution < -0.4 is 5.32 Å². The summed E-state index contributed by atoms with van der Waals surface area (Å²) in [6.07, 6.45) is 1.14. The van der Waals surface area contributed by atoms with Crippen molar-refractivity contribution in [1.29, 1.82) is 0 Å². The molecule has 1 aromatic rings. The van der Waals surface area contributed by atoms with E-state index < -0.39 is 0 Å². The van der Waals surface area contributed by atoms with E-state index in [0.29, 0.717) is 6.04 Å². The highest BCUT2D eigenvalue weighted by Gasteiger charge is 2.14. The molecule has 2 rings (SSSR count). The van der Waals surface area contributed by atoms with Gasteiger partial charge in [-0.3, -0.25) is 4.90 Å². The monoisotopic (exact) mass is 262 g/mol. The van der Waals surface area contributed by atoms with E-state index in [2.05, 4.69) is 48.3 Å². The number of hydrogen-bond donors (Lipinski definition) is 1. The fourth-order valence-electron chi connectivity index (χ4n) is 2.43. The summed E-state index contributed by atoms with van der Waals surface area (Å²) in [5.74, 6) is 0. The molecule has 0 aromatic heterocycles. The summed E-state index contributed by atoms with van der Waals surface area (Å²) >= 11 is 0. The Morgan fingerprint density at radius 1 is 1.16 bits per heavy atom. The molecule has 1 saturated heterocycles. The second-order valence-electron chi connectivity index (χ2n) is 5.22. The van der Waals surface area contributed by atoms with Crippen LogP contribution in [-0.4, -0.2) is 37.2 Å². The molecular formula is C16H26N2O. The van der Waals surface area contributed by atoms with E-state index in [1.54, 1.807) is 0 Å². The van der Waals surface area contributed by atoms with E-state index in [-0.39, 0.29) is 0 Å². The van der Waals surface area contributed by atoms with E-state index in [9.17, 15) is 0 Å². The zero-order valence-corrected chi connectivity index (χ0v) is 12.2. The molecule has 0 saturated carbocycles. The highest BCUT2D eigenvalue weighted by atomic mass is 16.5. The summed E-state index contributed by atoms with van der Waals surface area (Å²) in [6, 6.07) is 9.51. The second kappa shape index (κ2) is 7.63. The van der Waals surface area contributed by atoms with Crippen LogP contribution in [0.5, 0.6) is 0 Å². The molecule has 0 bridgehead atoms. The maximum atomic E-state index is 5.37. The van der Waals surface area contributed by atoms with Crippen LogP contribution in [-0.2, 0) is 17.8 Å². The third-order valence-corrected chi connectivity index (χ3v) is 3.85. The Labute approximate surface area is 116 Å². The van der Waals surface area contributed by atoms with Gasteiger partial charge in [-0.05, 0) is 30.6 Å². The van der Waals surface area contributed by atoms with Gasteiger partial charge < -0.3 is 10.1 Å². The fourth-order valence-corrected chi connectivity index (χ4v) is 2.43. The molecule has 0 spiro atoms. The van der Waals surface area contributed by atoms with Crippen molar-refractivity contribution < 1.29 is 4.74 Å². The van der Waals surface area contributed by atoms with Crippen LogP contribution in [0.2, 0.25) is 0 Å². The zero-order valence-electron chi connectivity index (χ0n) is 12.2. The lowest BCUT2D eigenvalue weighted by molar-refractivity contribution is 0.190. The number of nitrogens with zero attached hydrogens (tertiary/aromatic N) is 1. The molecule has 1 fully saturated rings. The van der Waals surface area contributed by atoms with Gasteiger partial charge in [0.1, 0.15) is 0 Å². The van der Waals surface area contributed by atoms with Crippen LogP contribution in [0.15, 0.2) is 24.3 Å².